The summed E-state index contributed by atoms with van der Waals surface area (Å²) in [6.45, 7) is 0. The van der Waals surface area contributed by atoms with Gasteiger partial charge in [0.2, 0.25) is 0 Å². The van der Waals surface area contributed by atoms with Gasteiger partial charge in [-0.3, -0.25) is 0 Å². The second-order valence-corrected chi connectivity index (χ2v) is 5.55. The summed E-state index contributed by atoms with van der Waals surface area (Å²) >= 11 is 11.4. The molecule has 0 aliphatic heterocycles. The van der Waals surface area contributed by atoms with Gasteiger partial charge >= 0.3 is 0 Å². The minimum atomic E-state index is 0.0736. The zero-order valence-corrected chi connectivity index (χ0v) is 12.2. The van der Waals surface area contributed by atoms with E-state index in [0.717, 1.165) is 10.9 Å². The van der Waals surface area contributed by atoms with E-state index in [1.165, 1.54) is 12.1 Å². The third-order valence-corrected chi connectivity index (χ3v) is 3.26. The van der Waals surface area contributed by atoms with Gasteiger partial charge in [-0.1, -0.05) is 23.2 Å². The molecular formula is C16H10Cl2O3. The van der Waals surface area contributed by atoms with Crippen molar-refractivity contribution in [2.75, 3.05) is 0 Å². The first kappa shape index (κ1) is 13.9. The van der Waals surface area contributed by atoms with Crippen molar-refractivity contribution in [3.05, 3.63) is 52.5 Å². The number of halogens is 2. The lowest BCUT2D eigenvalue weighted by Crippen LogP contribution is -1.75. The molecule has 0 aliphatic rings. The Morgan fingerprint density at radius 3 is 2.33 bits per heavy atom. The van der Waals surface area contributed by atoms with E-state index in [0.29, 0.717) is 16.9 Å². The lowest BCUT2D eigenvalue weighted by Gasteiger charge is -1.98. The monoisotopic (exact) mass is 320 g/mol. The average molecular weight is 321 g/mol. The van der Waals surface area contributed by atoms with Gasteiger partial charge in [-0.15, -0.1) is 0 Å². The second-order valence-electron chi connectivity index (χ2n) is 4.54. The highest BCUT2D eigenvalue weighted by Crippen LogP contribution is 2.34. The number of hydrogen-bond acceptors (Lipinski definition) is 3. The fourth-order valence-electron chi connectivity index (χ4n) is 2.16. The Morgan fingerprint density at radius 1 is 0.952 bits per heavy atom. The fourth-order valence-corrected chi connectivity index (χ4v) is 2.39. The predicted molar refractivity (Wildman–Crippen MR) is 84.7 cm³/mol. The van der Waals surface area contributed by atoms with Crippen LogP contribution in [0.15, 0.2) is 51.4 Å². The van der Waals surface area contributed by atoms with Crippen LogP contribution in [0.2, 0.25) is 0 Å². The number of fused-ring (bicyclic) bond motifs is 1. The molecule has 0 radical (unpaired) electrons. The van der Waals surface area contributed by atoms with Gasteiger partial charge in [-0.05, 0) is 48.5 Å². The normalized spacial score (nSPS) is 10.8. The average Bonchev–Trinajstić information content (AvgIpc) is 2.82. The summed E-state index contributed by atoms with van der Waals surface area (Å²) in [4.78, 5) is 0. The van der Waals surface area contributed by atoms with Crippen LogP contribution >= 0.6 is 23.2 Å². The maximum Gasteiger partial charge on any atom is 0.142 e. The number of benzene rings is 2. The lowest BCUT2D eigenvalue weighted by molar-refractivity contribution is 0.475. The standard InChI is InChI=1S/C16H10Cl2O3/c17-15(18)8-11-6-13(20)5-10-7-14(21-16(10)11)9-1-3-12(19)4-2-9/h1-8,19-20H. The molecule has 0 aliphatic carbocycles. The molecule has 1 heterocycles. The van der Waals surface area contributed by atoms with Gasteiger partial charge in [0.25, 0.3) is 0 Å². The summed E-state index contributed by atoms with van der Waals surface area (Å²) in [5.74, 6) is 0.905. The van der Waals surface area contributed by atoms with Crippen molar-refractivity contribution in [3.8, 4) is 22.8 Å². The summed E-state index contributed by atoms with van der Waals surface area (Å²) in [5, 5.41) is 19.8. The van der Waals surface area contributed by atoms with Crippen LogP contribution in [0, 0.1) is 0 Å². The van der Waals surface area contributed by atoms with Crippen molar-refractivity contribution in [1.82, 2.24) is 0 Å². The van der Waals surface area contributed by atoms with E-state index in [9.17, 15) is 10.2 Å². The summed E-state index contributed by atoms with van der Waals surface area (Å²) in [7, 11) is 0. The zero-order valence-electron chi connectivity index (χ0n) is 10.7. The van der Waals surface area contributed by atoms with Crippen LogP contribution < -0.4 is 0 Å². The maximum atomic E-state index is 9.75. The molecule has 1 aromatic heterocycles. The van der Waals surface area contributed by atoms with E-state index in [2.05, 4.69) is 0 Å². The fraction of sp³-hybridized carbons (Fsp3) is 0. The molecule has 3 aromatic rings. The molecule has 0 saturated heterocycles. The first-order valence-corrected chi connectivity index (χ1v) is 6.87. The molecular weight excluding hydrogens is 311 g/mol. The Hall–Kier alpha value is -2.10. The van der Waals surface area contributed by atoms with Crippen molar-refractivity contribution in [2.45, 2.75) is 0 Å². The minimum Gasteiger partial charge on any atom is -0.508 e. The van der Waals surface area contributed by atoms with Crippen molar-refractivity contribution in [3.63, 3.8) is 0 Å². The molecule has 2 aromatic carbocycles. The number of rotatable bonds is 2. The van der Waals surface area contributed by atoms with E-state index in [-0.39, 0.29) is 16.0 Å². The highest BCUT2D eigenvalue weighted by molar-refractivity contribution is 6.57. The highest BCUT2D eigenvalue weighted by Gasteiger charge is 2.11. The molecule has 5 heteroatoms. The number of aromatic hydroxyl groups is 2. The third-order valence-electron chi connectivity index (χ3n) is 3.05. The van der Waals surface area contributed by atoms with Crippen LogP contribution in [-0.4, -0.2) is 10.2 Å². The number of phenols is 2. The van der Waals surface area contributed by atoms with Gasteiger partial charge in [0, 0.05) is 16.5 Å². The third kappa shape index (κ3) is 2.84. The topological polar surface area (TPSA) is 53.6 Å². The van der Waals surface area contributed by atoms with Crippen molar-refractivity contribution < 1.29 is 14.6 Å². The smallest absolute Gasteiger partial charge is 0.142 e. The maximum absolute atomic E-state index is 9.75. The molecule has 21 heavy (non-hydrogen) atoms. The van der Waals surface area contributed by atoms with Crippen LogP contribution in [-0.2, 0) is 0 Å². The second kappa shape index (κ2) is 5.35. The van der Waals surface area contributed by atoms with E-state index >= 15 is 0 Å². The van der Waals surface area contributed by atoms with Gasteiger partial charge in [-0.25, -0.2) is 0 Å². The number of phenolic OH excluding ortho intramolecular Hbond substituents is 2. The Bertz CT molecular complexity index is 829. The highest BCUT2D eigenvalue weighted by atomic mass is 35.5. The first-order chi connectivity index (χ1) is 10.0. The van der Waals surface area contributed by atoms with Gasteiger partial charge in [0.05, 0.1) is 0 Å². The lowest BCUT2D eigenvalue weighted by atomic mass is 10.1. The molecule has 0 unspecified atom stereocenters. The summed E-state index contributed by atoms with van der Waals surface area (Å²) < 4.78 is 5.90. The zero-order chi connectivity index (χ0) is 15.0. The molecule has 0 spiro atoms. The number of furan rings is 1. The predicted octanol–water partition coefficient (Wildman–Crippen LogP) is 5.29. The minimum absolute atomic E-state index is 0.0736. The molecule has 3 nitrogen and oxygen atoms in total. The van der Waals surface area contributed by atoms with E-state index < -0.39 is 0 Å². The van der Waals surface area contributed by atoms with Crippen molar-refractivity contribution in [2.24, 2.45) is 0 Å². The van der Waals surface area contributed by atoms with E-state index in [4.69, 9.17) is 27.6 Å². The SMILES string of the molecule is Oc1ccc(-c2cc3cc(O)cc(C=C(Cl)Cl)c3o2)cc1. The van der Waals surface area contributed by atoms with Gasteiger partial charge in [-0.2, -0.15) is 0 Å². The molecule has 0 saturated carbocycles. The first-order valence-electron chi connectivity index (χ1n) is 6.11. The Labute approximate surface area is 130 Å². The molecule has 0 atom stereocenters. The van der Waals surface area contributed by atoms with Crippen LogP contribution in [0.25, 0.3) is 28.4 Å². The molecule has 0 fully saturated rings. The van der Waals surface area contributed by atoms with E-state index in [1.54, 1.807) is 36.4 Å². The quantitative estimate of drug-likeness (QED) is 0.674. The molecule has 0 amide bonds. The summed E-state index contributed by atoms with van der Waals surface area (Å²) in [5.41, 5.74) is 1.99. The van der Waals surface area contributed by atoms with Crippen LogP contribution in [0.4, 0.5) is 0 Å². The number of hydrogen-bond donors (Lipinski definition) is 2. The molecule has 0 bridgehead atoms. The largest absolute Gasteiger partial charge is 0.508 e. The molecule has 106 valence electrons. The molecule has 2 N–H and O–H groups in total. The van der Waals surface area contributed by atoms with E-state index in [1.807, 2.05) is 0 Å². The molecule has 3 rings (SSSR count). The Kier molecular flexibility index (Phi) is 3.53. The van der Waals surface area contributed by atoms with Crippen LogP contribution in [0.5, 0.6) is 11.5 Å². The van der Waals surface area contributed by atoms with Crippen LogP contribution in [0.3, 0.4) is 0 Å². The van der Waals surface area contributed by atoms with Crippen LogP contribution in [0.1, 0.15) is 5.56 Å². The van der Waals surface area contributed by atoms with Gasteiger partial charge < -0.3 is 14.6 Å². The van der Waals surface area contributed by atoms with Crippen molar-refractivity contribution in [1.29, 1.82) is 0 Å². The summed E-state index contributed by atoms with van der Waals surface area (Å²) in [6, 6.07) is 11.6. The van der Waals surface area contributed by atoms with Crippen molar-refractivity contribution >= 4 is 40.2 Å². The Morgan fingerprint density at radius 2 is 1.67 bits per heavy atom. The van der Waals surface area contributed by atoms with Gasteiger partial charge in [0.1, 0.15) is 27.3 Å². The summed E-state index contributed by atoms with van der Waals surface area (Å²) in [6.07, 6.45) is 1.51. The van der Waals surface area contributed by atoms with Gasteiger partial charge in [0.15, 0.2) is 0 Å². The Balaban J connectivity index is 2.19.